The number of carbonyl (C=O) groups excluding carboxylic acids is 1. The van der Waals surface area contributed by atoms with Crippen LogP contribution in [0.25, 0.3) is 11.1 Å². The number of carbonyl (C=O) groups is 1. The van der Waals surface area contributed by atoms with Gasteiger partial charge in [-0.15, -0.1) is 0 Å². The average Bonchev–Trinajstić information content (AvgIpc) is 2.65. The third-order valence-electron chi connectivity index (χ3n) is 3.68. The largest absolute Gasteiger partial charge is 0.362 e. The van der Waals surface area contributed by atoms with Crippen LogP contribution >= 0.6 is 27.5 Å². The van der Waals surface area contributed by atoms with E-state index < -0.39 is 0 Å². The Labute approximate surface area is 160 Å². The van der Waals surface area contributed by atoms with Crippen molar-refractivity contribution in [3.8, 4) is 11.1 Å². The highest BCUT2D eigenvalue weighted by Gasteiger charge is 2.03. The van der Waals surface area contributed by atoms with E-state index in [-0.39, 0.29) is 5.78 Å². The van der Waals surface area contributed by atoms with Crippen molar-refractivity contribution < 1.29 is 4.79 Å². The molecule has 0 saturated heterocycles. The summed E-state index contributed by atoms with van der Waals surface area (Å²) >= 11 is 9.38. The molecular formula is C21H15BrClNO. The van der Waals surface area contributed by atoms with Gasteiger partial charge < -0.3 is 5.32 Å². The molecule has 25 heavy (non-hydrogen) atoms. The number of allylic oxidation sites excluding steroid dienone is 1. The third-order valence-corrected chi connectivity index (χ3v) is 4.91. The summed E-state index contributed by atoms with van der Waals surface area (Å²) < 4.78 is 0.832. The Morgan fingerprint density at radius 3 is 2.28 bits per heavy atom. The maximum Gasteiger partial charge on any atom is 0.187 e. The monoisotopic (exact) mass is 411 g/mol. The van der Waals surface area contributed by atoms with E-state index in [4.69, 9.17) is 11.6 Å². The zero-order chi connectivity index (χ0) is 17.6. The minimum absolute atomic E-state index is 0.0599. The van der Waals surface area contributed by atoms with Gasteiger partial charge in [0.2, 0.25) is 0 Å². The molecule has 2 nitrogen and oxygen atoms in total. The van der Waals surface area contributed by atoms with Crippen molar-refractivity contribution in [1.29, 1.82) is 0 Å². The number of ketones is 1. The Hall–Kier alpha value is -2.36. The lowest BCUT2D eigenvalue weighted by Gasteiger charge is -2.03. The minimum atomic E-state index is -0.0599. The van der Waals surface area contributed by atoms with Gasteiger partial charge in [0.1, 0.15) is 0 Å². The molecule has 0 amide bonds. The fraction of sp³-hybridized carbons (Fsp3) is 0. The molecule has 0 spiro atoms. The molecule has 124 valence electrons. The number of hydrogen-bond acceptors (Lipinski definition) is 2. The zero-order valence-corrected chi connectivity index (χ0v) is 15.6. The van der Waals surface area contributed by atoms with Gasteiger partial charge in [-0.2, -0.15) is 0 Å². The molecule has 0 unspecified atom stereocenters. The number of halogens is 2. The highest BCUT2D eigenvalue weighted by molar-refractivity contribution is 9.10. The molecule has 3 aromatic rings. The van der Waals surface area contributed by atoms with Gasteiger partial charge in [0.15, 0.2) is 5.78 Å². The van der Waals surface area contributed by atoms with Crippen molar-refractivity contribution in [2.45, 2.75) is 0 Å². The van der Waals surface area contributed by atoms with E-state index in [1.807, 2.05) is 66.7 Å². The topological polar surface area (TPSA) is 29.1 Å². The van der Waals surface area contributed by atoms with Crippen molar-refractivity contribution in [3.05, 3.63) is 100 Å². The van der Waals surface area contributed by atoms with Crippen LogP contribution in [0.3, 0.4) is 0 Å². The molecule has 0 atom stereocenters. The van der Waals surface area contributed by atoms with Crippen molar-refractivity contribution in [1.82, 2.24) is 0 Å². The lowest BCUT2D eigenvalue weighted by atomic mass is 10.0. The summed E-state index contributed by atoms with van der Waals surface area (Å²) in [4.78, 5) is 12.2. The van der Waals surface area contributed by atoms with E-state index in [0.29, 0.717) is 10.6 Å². The molecule has 3 aromatic carbocycles. The molecule has 3 rings (SSSR count). The number of hydrogen-bond donors (Lipinski definition) is 1. The Balaban J connectivity index is 1.65. The van der Waals surface area contributed by atoms with Crippen LogP contribution in [0, 0.1) is 0 Å². The van der Waals surface area contributed by atoms with Gasteiger partial charge in [0.25, 0.3) is 0 Å². The first-order chi connectivity index (χ1) is 12.1. The predicted molar refractivity (Wildman–Crippen MR) is 108 cm³/mol. The van der Waals surface area contributed by atoms with Crippen LogP contribution in [0.2, 0.25) is 5.02 Å². The lowest BCUT2D eigenvalue weighted by molar-refractivity contribution is 0.104. The highest BCUT2D eigenvalue weighted by Crippen LogP contribution is 2.25. The van der Waals surface area contributed by atoms with Crippen LogP contribution in [0.5, 0.6) is 0 Å². The van der Waals surface area contributed by atoms with Crippen LogP contribution < -0.4 is 5.32 Å². The second-order valence-electron chi connectivity index (χ2n) is 5.41. The molecule has 0 aliphatic heterocycles. The zero-order valence-electron chi connectivity index (χ0n) is 13.2. The molecule has 0 radical (unpaired) electrons. The van der Waals surface area contributed by atoms with Gasteiger partial charge in [-0.3, -0.25) is 4.79 Å². The average molecular weight is 413 g/mol. The molecule has 0 aliphatic rings. The maximum atomic E-state index is 12.2. The fourth-order valence-corrected chi connectivity index (χ4v) is 2.78. The normalized spacial score (nSPS) is 10.8. The van der Waals surface area contributed by atoms with Crippen molar-refractivity contribution >= 4 is 39.0 Å². The lowest BCUT2D eigenvalue weighted by Crippen LogP contribution is -1.96. The van der Waals surface area contributed by atoms with E-state index in [9.17, 15) is 4.79 Å². The van der Waals surface area contributed by atoms with Crippen LogP contribution in [-0.2, 0) is 0 Å². The van der Waals surface area contributed by atoms with Gasteiger partial charge in [-0.05, 0) is 45.3 Å². The van der Waals surface area contributed by atoms with Crippen molar-refractivity contribution in [3.63, 3.8) is 0 Å². The summed E-state index contributed by atoms with van der Waals surface area (Å²) in [7, 11) is 0. The first-order valence-electron chi connectivity index (χ1n) is 7.71. The van der Waals surface area contributed by atoms with E-state index in [1.165, 1.54) is 6.08 Å². The smallest absolute Gasteiger partial charge is 0.187 e. The maximum absolute atomic E-state index is 12.2. The summed E-state index contributed by atoms with van der Waals surface area (Å²) in [6, 6.07) is 23.2. The van der Waals surface area contributed by atoms with E-state index in [1.54, 1.807) is 12.3 Å². The highest BCUT2D eigenvalue weighted by atomic mass is 79.9. The second kappa shape index (κ2) is 8.15. The third kappa shape index (κ3) is 4.59. The first kappa shape index (κ1) is 17.5. The molecule has 0 fully saturated rings. The van der Waals surface area contributed by atoms with Crippen LogP contribution in [0.15, 0.2) is 89.5 Å². The molecule has 1 N–H and O–H groups in total. The predicted octanol–water partition coefficient (Wildman–Crippen LogP) is 6.58. The van der Waals surface area contributed by atoms with Gasteiger partial charge in [-0.1, -0.05) is 66.2 Å². The number of rotatable bonds is 5. The number of nitrogens with one attached hydrogen (secondary N) is 1. The van der Waals surface area contributed by atoms with Gasteiger partial charge in [0.05, 0.1) is 5.02 Å². The second-order valence-corrected chi connectivity index (χ2v) is 6.68. The number of anilines is 1. The molecule has 0 bridgehead atoms. The van der Waals surface area contributed by atoms with E-state index in [2.05, 4.69) is 21.2 Å². The summed E-state index contributed by atoms with van der Waals surface area (Å²) in [5, 5.41) is 3.66. The molecule has 4 heteroatoms. The van der Waals surface area contributed by atoms with E-state index >= 15 is 0 Å². The van der Waals surface area contributed by atoms with E-state index in [0.717, 1.165) is 21.3 Å². The summed E-state index contributed by atoms with van der Waals surface area (Å²) in [5.74, 6) is -0.0599. The van der Waals surface area contributed by atoms with Crippen molar-refractivity contribution in [2.24, 2.45) is 0 Å². The summed E-state index contributed by atoms with van der Waals surface area (Å²) in [6.07, 6.45) is 3.13. The van der Waals surface area contributed by atoms with Crippen LogP contribution in [0.4, 0.5) is 5.69 Å². The quantitative estimate of drug-likeness (QED) is 0.379. The summed E-state index contributed by atoms with van der Waals surface area (Å²) in [6.45, 7) is 0. The molecular weight excluding hydrogens is 398 g/mol. The molecule has 0 heterocycles. The first-order valence-corrected chi connectivity index (χ1v) is 8.88. The molecule has 0 aliphatic carbocycles. The van der Waals surface area contributed by atoms with Crippen LogP contribution in [0.1, 0.15) is 10.4 Å². The minimum Gasteiger partial charge on any atom is -0.362 e. The Kier molecular flexibility index (Phi) is 5.69. The van der Waals surface area contributed by atoms with Crippen LogP contribution in [-0.4, -0.2) is 5.78 Å². The fourth-order valence-electron chi connectivity index (χ4n) is 2.35. The molecule has 0 aromatic heterocycles. The Morgan fingerprint density at radius 2 is 1.60 bits per heavy atom. The Bertz CT molecular complexity index is 905. The number of benzene rings is 3. The SMILES string of the molecule is O=C(/C=C/Nc1ccc(Br)c(Cl)c1)c1ccc(-c2ccccc2)cc1. The standard InChI is InChI=1S/C21H15BrClNO/c22-19-11-10-18(14-20(19)23)24-13-12-21(25)17-8-6-16(7-9-17)15-4-2-1-3-5-15/h1-14,24H/b13-12+. The van der Waals surface area contributed by atoms with Gasteiger partial charge in [0, 0.05) is 28.0 Å². The summed E-state index contributed by atoms with van der Waals surface area (Å²) in [5.41, 5.74) is 3.68. The van der Waals surface area contributed by atoms with Gasteiger partial charge >= 0.3 is 0 Å². The Morgan fingerprint density at radius 1 is 0.920 bits per heavy atom. The van der Waals surface area contributed by atoms with Crippen molar-refractivity contribution in [2.75, 3.05) is 5.32 Å². The van der Waals surface area contributed by atoms with Gasteiger partial charge in [-0.25, -0.2) is 0 Å². The molecule has 0 saturated carbocycles.